The summed E-state index contributed by atoms with van der Waals surface area (Å²) in [6, 6.07) is 4.44. The van der Waals surface area contributed by atoms with E-state index in [9.17, 15) is 0 Å². The molecule has 0 aromatic heterocycles. The molecule has 0 amide bonds. The average Bonchev–Trinajstić information content (AvgIpc) is 2.39. The Morgan fingerprint density at radius 3 is 1.42 bits per heavy atom. The van der Waals surface area contributed by atoms with Crippen LogP contribution >= 0.6 is 0 Å². The standard InChI is InChI=1S/C22H34O4/c1-13-11-15(21(9)17(23-25-21)19(3,4)5)12-14(2)16(13)22(10)18(24-26-22)20(6,7)8/h11-12,17-18H,1-10H3. The smallest absolute Gasteiger partial charge is 0.156 e. The van der Waals surface area contributed by atoms with Gasteiger partial charge >= 0.3 is 0 Å². The molecule has 4 unspecified atom stereocenters. The number of rotatable bonds is 2. The first-order valence-electron chi connectivity index (χ1n) is 9.52. The van der Waals surface area contributed by atoms with E-state index in [1.54, 1.807) is 0 Å². The SMILES string of the molecule is Cc1cc(C2(C)OOC2C(C)(C)C)cc(C)c1C1(C)OOC1C(C)(C)C. The molecule has 1 aromatic rings. The normalized spacial score (nSPS) is 35.0. The van der Waals surface area contributed by atoms with Gasteiger partial charge in [-0.25, -0.2) is 19.6 Å². The molecular formula is C22H34O4. The fraction of sp³-hybridized carbons (Fsp3) is 0.727. The predicted octanol–water partition coefficient (Wildman–Crippen LogP) is 5.49. The molecule has 0 bridgehead atoms. The van der Waals surface area contributed by atoms with Crippen LogP contribution in [0.25, 0.3) is 0 Å². The molecule has 4 atom stereocenters. The molecule has 4 heteroatoms. The minimum Gasteiger partial charge on any atom is -0.228 e. The van der Waals surface area contributed by atoms with Crippen molar-refractivity contribution in [2.24, 2.45) is 10.8 Å². The van der Waals surface area contributed by atoms with Gasteiger partial charge in [0.1, 0.15) is 12.2 Å². The molecular weight excluding hydrogens is 328 g/mol. The Bertz CT molecular complexity index is 689. The van der Waals surface area contributed by atoms with Crippen molar-refractivity contribution in [3.63, 3.8) is 0 Å². The van der Waals surface area contributed by atoms with E-state index < -0.39 is 11.2 Å². The Balaban J connectivity index is 2.01. The summed E-state index contributed by atoms with van der Waals surface area (Å²) >= 11 is 0. The summed E-state index contributed by atoms with van der Waals surface area (Å²) < 4.78 is 0. The highest BCUT2D eigenvalue weighted by atomic mass is 17.3. The van der Waals surface area contributed by atoms with Crippen molar-refractivity contribution < 1.29 is 19.6 Å². The quantitative estimate of drug-likeness (QED) is 0.652. The van der Waals surface area contributed by atoms with Gasteiger partial charge < -0.3 is 0 Å². The van der Waals surface area contributed by atoms with Crippen molar-refractivity contribution >= 4 is 0 Å². The molecule has 2 heterocycles. The Kier molecular flexibility index (Phi) is 4.40. The topological polar surface area (TPSA) is 36.9 Å². The van der Waals surface area contributed by atoms with Gasteiger partial charge in [0.2, 0.25) is 0 Å². The monoisotopic (exact) mass is 362 g/mol. The number of hydrogen-bond acceptors (Lipinski definition) is 4. The van der Waals surface area contributed by atoms with E-state index in [0.29, 0.717) is 0 Å². The van der Waals surface area contributed by atoms with E-state index in [4.69, 9.17) is 19.6 Å². The maximum Gasteiger partial charge on any atom is 0.156 e. The lowest BCUT2D eigenvalue weighted by Gasteiger charge is -2.52. The zero-order valence-corrected chi connectivity index (χ0v) is 17.9. The fourth-order valence-corrected chi connectivity index (χ4v) is 4.83. The summed E-state index contributed by atoms with van der Waals surface area (Å²) in [5.74, 6) is 0. The molecule has 3 rings (SSSR count). The highest BCUT2D eigenvalue weighted by Gasteiger charge is 2.57. The van der Waals surface area contributed by atoms with Gasteiger partial charge in [0, 0.05) is 0 Å². The van der Waals surface area contributed by atoms with Crippen molar-refractivity contribution in [2.75, 3.05) is 0 Å². The van der Waals surface area contributed by atoms with Crippen LogP contribution in [-0.2, 0) is 30.8 Å². The van der Waals surface area contributed by atoms with Gasteiger partial charge in [-0.3, -0.25) is 0 Å². The highest BCUT2D eigenvalue weighted by Crippen LogP contribution is 2.52. The zero-order valence-electron chi connectivity index (χ0n) is 17.9. The van der Waals surface area contributed by atoms with Crippen molar-refractivity contribution in [3.05, 3.63) is 34.4 Å². The lowest BCUT2D eigenvalue weighted by Crippen LogP contribution is -2.59. The van der Waals surface area contributed by atoms with Gasteiger partial charge in [-0.05, 0) is 60.8 Å². The van der Waals surface area contributed by atoms with Crippen LogP contribution in [0, 0.1) is 24.7 Å². The lowest BCUT2D eigenvalue weighted by atomic mass is 9.70. The summed E-state index contributed by atoms with van der Waals surface area (Å²) in [4.78, 5) is 22.3. The van der Waals surface area contributed by atoms with Gasteiger partial charge in [0.05, 0.1) is 0 Å². The molecule has 0 aliphatic carbocycles. The second-order valence-corrected chi connectivity index (χ2v) is 10.6. The van der Waals surface area contributed by atoms with E-state index in [0.717, 1.165) is 5.56 Å². The van der Waals surface area contributed by atoms with E-state index in [2.05, 4.69) is 81.4 Å². The Labute approximate surface area is 158 Å². The van der Waals surface area contributed by atoms with E-state index in [1.807, 2.05) is 0 Å². The highest BCUT2D eigenvalue weighted by molar-refractivity contribution is 5.45. The van der Waals surface area contributed by atoms with Gasteiger partial charge in [-0.15, -0.1) is 0 Å². The Morgan fingerprint density at radius 1 is 0.731 bits per heavy atom. The molecule has 0 radical (unpaired) electrons. The first kappa shape index (κ1) is 19.8. The molecule has 2 aliphatic rings. The first-order valence-corrected chi connectivity index (χ1v) is 9.52. The van der Waals surface area contributed by atoms with Crippen molar-refractivity contribution in [2.45, 2.75) is 92.6 Å². The molecule has 2 saturated heterocycles. The molecule has 0 saturated carbocycles. The van der Waals surface area contributed by atoms with Gasteiger partial charge in [0.25, 0.3) is 0 Å². The first-order chi connectivity index (χ1) is 11.7. The number of hydrogen-bond donors (Lipinski definition) is 0. The van der Waals surface area contributed by atoms with E-state index in [-0.39, 0.29) is 23.0 Å². The van der Waals surface area contributed by atoms with Crippen LogP contribution in [0.4, 0.5) is 0 Å². The van der Waals surface area contributed by atoms with Crippen LogP contribution in [0.2, 0.25) is 0 Å². The summed E-state index contributed by atoms with van der Waals surface area (Å²) in [6.45, 7) is 21.6. The second kappa shape index (κ2) is 5.78. The van der Waals surface area contributed by atoms with Crippen LogP contribution in [0.5, 0.6) is 0 Å². The molecule has 2 fully saturated rings. The third-order valence-electron chi connectivity index (χ3n) is 5.81. The van der Waals surface area contributed by atoms with Gasteiger partial charge in [0.15, 0.2) is 11.2 Å². The van der Waals surface area contributed by atoms with E-state index >= 15 is 0 Å². The zero-order chi connectivity index (χ0) is 19.7. The lowest BCUT2D eigenvalue weighted by molar-refractivity contribution is -0.530. The van der Waals surface area contributed by atoms with E-state index in [1.165, 1.54) is 16.7 Å². The van der Waals surface area contributed by atoms with Crippen LogP contribution in [0.1, 0.15) is 77.6 Å². The van der Waals surface area contributed by atoms with Crippen LogP contribution < -0.4 is 0 Å². The second-order valence-electron chi connectivity index (χ2n) is 10.6. The van der Waals surface area contributed by atoms with Crippen LogP contribution in [-0.4, -0.2) is 12.2 Å². The average molecular weight is 363 g/mol. The molecule has 0 spiro atoms. The van der Waals surface area contributed by atoms with Gasteiger partial charge in [-0.2, -0.15) is 0 Å². The molecule has 2 aliphatic heterocycles. The molecule has 1 aromatic carbocycles. The van der Waals surface area contributed by atoms with Crippen molar-refractivity contribution in [3.8, 4) is 0 Å². The summed E-state index contributed by atoms with van der Waals surface area (Å²) in [7, 11) is 0. The molecule has 4 nitrogen and oxygen atoms in total. The third kappa shape index (κ3) is 2.82. The maximum atomic E-state index is 5.69. The Morgan fingerprint density at radius 2 is 1.12 bits per heavy atom. The molecule has 26 heavy (non-hydrogen) atoms. The van der Waals surface area contributed by atoms with Gasteiger partial charge in [-0.1, -0.05) is 53.7 Å². The van der Waals surface area contributed by atoms with Crippen LogP contribution in [0.3, 0.4) is 0 Å². The summed E-state index contributed by atoms with van der Waals surface area (Å²) in [5, 5.41) is 0. The Hall–Kier alpha value is -0.940. The largest absolute Gasteiger partial charge is 0.228 e. The fourth-order valence-electron chi connectivity index (χ4n) is 4.83. The number of aryl methyl sites for hydroxylation is 2. The third-order valence-corrected chi connectivity index (χ3v) is 5.81. The molecule has 146 valence electrons. The minimum atomic E-state index is -0.438. The summed E-state index contributed by atoms with van der Waals surface area (Å²) in [6.07, 6.45) is 0.0280. The summed E-state index contributed by atoms with van der Waals surface area (Å²) in [5.41, 5.74) is 3.89. The number of benzene rings is 1. The molecule has 0 N–H and O–H groups in total. The predicted molar refractivity (Wildman–Crippen MR) is 101 cm³/mol. The van der Waals surface area contributed by atoms with Crippen molar-refractivity contribution in [1.29, 1.82) is 0 Å². The minimum absolute atomic E-state index is 0.00121. The van der Waals surface area contributed by atoms with Crippen molar-refractivity contribution in [1.82, 2.24) is 0 Å². The maximum absolute atomic E-state index is 5.69. The van der Waals surface area contributed by atoms with Crippen LogP contribution in [0.15, 0.2) is 12.1 Å².